The lowest BCUT2D eigenvalue weighted by Gasteiger charge is -2.26. The molecule has 1 aliphatic rings. The quantitative estimate of drug-likeness (QED) is 0.672. The number of hydrogen-bond acceptors (Lipinski definition) is 5. The summed E-state index contributed by atoms with van der Waals surface area (Å²) in [4.78, 5) is 26.9. The molecule has 2 aromatic rings. The molecule has 0 saturated carbocycles. The zero-order chi connectivity index (χ0) is 18.0. The zero-order valence-electron chi connectivity index (χ0n) is 14.0. The van der Waals surface area contributed by atoms with E-state index in [1.165, 1.54) is 7.11 Å². The van der Waals surface area contributed by atoms with E-state index < -0.39 is 5.97 Å². The van der Waals surface area contributed by atoms with Crippen LogP contribution in [0.25, 0.3) is 0 Å². The van der Waals surface area contributed by atoms with Crippen molar-refractivity contribution in [2.24, 2.45) is 0 Å². The van der Waals surface area contributed by atoms with Gasteiger partial charge in [-0.25, -0.2) is 4.79 Å². The van der Waals surface area contributed by atoms with Crippen LogP contribution in [0.5, 0.6) is 0 Å². The number of hydrogen-bond donors (Lipinski definition) is 1. The van der Waals surface area contributed by atoms with Crippen LogP contribution >= 0.6 is 8.73 Å². The molecule has 0 spiro atoms. The number of ether oxygens (including phenoxy) is 1. The number of esters is 1. The number of fused-ring (bicyclic) bond motifs is 2. The summed E-state index contributed by atoms with van der Waals surface area (Å²) < 4.78 is 6.46. The van der Waals surface area contributed by atoms with E-state index in [9.17, 15) is 14.7 Å². The molecule has 0 aromatic heterocycles. The SMILES string of the molecule is COC(=O)c1ccc2c(c1)N(PC)C(=O)c1ccccc1N2CCO. The molecule has 2 aromatic carbocycles. The molecule has 1 atom stereocenters. The number of benzene rings is 2. The molecule has 6 nitrogen and oxygen atoms in total. The number of aliphatic hydroxyl groups is 1. The molecule has 0 saturated heterocycles. The van der Waals surface area contributed by atoms with Crippen LogP contribution in [0, 0.1) is 0 Å². The normalized spacial score (nSPS) is 13.6. The van der Waals surface area contributed by atoms with Crippen LogP contribution < -0.4 is 9.57 Å². The summed E-state index contributed by atoms with van der Waals surface area (Å²) in [5.74, 6) is -0.578. The number of rotatable bonds is 4. The average molecular weight is 358 g/mol. The summed E-state index contributed by atoms with van der Waals surface area (Å²) in [6.07, 6.45) is 0. The Balaban J connectivity index is 2.26. The third kappa shape index (κ3) is 2.99. The van der Waals surface area contributed by atoms with E-state index in [1.807, 2.05) is 29.8 Å². The maximum Gasteiger partial charge on any atom is 0.337 e. The van der Waals surface area contributed by atoms with Crippen LogP contribution in [-0.4, -0.2) is 43.9 Å². The Morgan fingerprint density at radius 2 is 1.92 bits per heavy atom. The molecule has 0 bridgehead atoms. The van der Waals surface area contributed by atoms with Gasteiger partial charge in [-0.15, -0.1) is 0 Å². The van der Waals surface area contributed by atoms with Crippen LogP contribution in [-0.2, 0) is 4.74 Å². The van der Waals surface area contributed by atoms with Crippen LogP contribution in [0.3, 0.4) is 0 Å². The van der Waals surface area contributed by atoms with Crippen molar-refractivity contribution in [1.29, 1.82) is 0 Å². The minimum Gasteiger partial charge on any atom is -0.465 e. The van der Waals surface area contributed by atoms with Gasteiger partial charge in [0.25, 0.3) is 5.91 Å². The van der Waals surface area contributed by atoms with E-state index in [0.717, 1.165) is 11.4 Å². The van der Waals surface area contributed by atoms with E-state index in [2.05, 4.69) is 0 Å². The first-order valence-electron chi connectivity index (χ1n) is 7.84. The van der Waals surface area contributed by atoms with Crippen LogP contribution in [0.15, 0.2) is 42.5 Å². The Morgan fingerprint density at radius 3 is 2.60 bits per heavy atom. The zero-order valence-corrected chi connectivity index (χ0v) is 15.0. The van der Waals surface area contributed by atoms with Crippen molar-refractivity contribution in [3.8, 4) is 0 Å². The molecule has 1 aliphatic heterocycles. The van der Waals surface area contributed by atoms with Gasteiger partial charge in [-0.3, -0.25) is 9.46 Å². The van der Waals surface area contributed by atoms with E-state index in [1.54, 1.807) is 28.9 Å². The second-order valence-corrected chi connectivity index (χ2v) is 6.35. The molecular weight excluding hydrogens is 339 g/mol. The number of carbonyl (C=O) groups excluding carboxylic acids is 2. The molecule has 25 heavy (non-hydrogen) atoms. The van der Waals surface area contributed by atoms with E-state index in [0.29, 0.717) is 23.4 Å². The number of para-hydroxylation sites is 1. The summed E-state index contributed by atoms with van der Waals surface area (Å²) in [5, 5.41) is 9.52. The van der Waals surface area contributed by atoms with Crippen LogP contribution in [0.2, 0.25) is 0 Å². The molecule has 1 unspecified atom stereocenters. The molecule has 1 N–H and O–H groups in total. The highest BCUT2D eigenvalue weighted by atomic mass is 31.1. The van der Waals surface area contributed by atoms with Gasteiger partial charge in [-0.2, -0.15) is 0 Å². The van der Waals surface area contributed by atoms with Gasteiger partial charge < -0.3 is 14.7 Å². The fraction of sp³-hybridized carbons (Fsp3) is 0.222. The van der Waals surface area contributed by atoms with Gasteiger partial charge in [0.1, 0.15) is 0 Å². The maximum absolute atomic E-state index is 13.1. The van der Waals surface area contributed by atoms with Gasteiger partial charge in [-0.05, 0) is 45.7 Å². The van der Waals surface area contributed by atoms with Gasteiger partial charge in [0.15, 0.2) is 0 Å². The van der Waals surface area contributed by atoms with Gasteiger partial charge in [0.2, 0.25) is 0 Å². The second-order valence-electron chi connectivity index (χ2n) is 5.45. The van der Waals surface area contributed by atoms with Crippen LogP contribution in [0.4, 0.5) is 17.1 Å². The summed E-state index contributed by atoms with van der Waals surface area (Å²) >= 11 is 0. The monoisotopic (exact) mass is 358 g/mol. The van der Waals surface area contributed by atoms with Crippen molar-refractivity contribution in [3.63, 3.8) is 0 Å². The van der Waals surface area contributed by atoms with Crippen molar-refractivity contribution in [2.75, 3.05) is 36.5 Å². The van der Waals surface area contributed by atoms with E-state index in [4.69, 9.17) is 4.74 Å². The summed E-state index contributed by atoms with van der Waals surface area (Å²) in [5.41, 5.74) is 3.11. The fourth-order valence-electron chi connectivity index (χ4n) is 2.99. The average Bonchev–Trinajstić information content (AvgIpc) is 2.75. The van der Waals surface area contributed by atoms with Crippen molar-refractivity contribution < 1.29 is 19.4 Å². The maximum atomic E-state index is 13.1. The molecule has 1 heterocycles. The first-order valence-corrected chi connectivity index (χ1v) is 9.28. The largest absolute Gasteiger partial charge is 0.465 e. The Hall–Kier alpha value is -2.43. The number of methoxy groups -OCH3 is 1. The van der Waals surface area contributed by atoms with Crippen LogP contribution in [0.1, 0.15) is 20.7 Å². The molecule has 1 amide bonds. The molecule has 3 rings (SSSR count). The summed E-state index contributed by atoms with van der Waals surface area (Å²) in [7, 11) is 1.51. The molecule has 7 heteroatoms. The van der Waals surface area contributed by atoms with Crippen molar-refractivity contribution in [2.45, 2.75) is 0 Å². The molecule has 0 aliphatic carbocycles. The highest BCUT2D eigenvalue weighted by Gasteiger charge is 2.30. The summed E-state index contributed by atoms with van der Waals surface area (Å²) in [6, 6.07) is 12.5. The Morgan fingerprint density at radius 1 is 1.16 bits per heavy atom. The number of nitrogens with zero attached hydrogens (tertiary/aromatic N) is 2. The number of aliphatic hydroxyl groups excluding tert-OH is 1. The summed E-state index contributed by atoms with van der Waals surface area (Å²) in [6.45, 7) is 2.20. The van der Waals surface area contributed by atoms with Gasteiger partial charge in [0.05, 0.1) is 41.9 Å². The Labute approximate surface area is 147 Å². The van der Waals surface area contributed by atoms with E-state index >= 15 is 0 Å². The highest BCUT2D eigenvalue weighted by Crippen LogP contribution is 2.44. The van der Waals surface area contributed by atoms with Crippen molar-refractivity contribution in [3.05, 3.63) is 53.6 Å². The molecule has 130 valence electrons. The Bertz CT molecular complexity index is 824. The molecular formula is C18H19N2O4P. The van der Waals surface area contributed by atoms with Crippen molar-refractivity contribution in [1.82, 2.24) is 0 Å². The van der Waals surface area contributed by atoms with Gasteiger partial charge in [0, 0.05) is 6.54 Å². The topological polar surface area (TPSA) is 70.1 Å². The number of anilines is 3. The third-order valence-corrected chi connectivity index (χ3v) is 4.99. The molecule has 0 radical (unpaired) electrons. The standard InChI is InChI=1S/C18H19N2O4P/c1-24-18(23)12-7-8-15-16(11-12)20(25-2)17(22)13-5-3-4-6-14(13)19(15)9-10-21/h3-8,11,21,25H,9-10H2,1-2H3. The highest BCUT2D eigenvalue weighted by molar-refractivity contribution is 7.40. The van der Waals surface area contributed by atoms with Gasteiger partial charge in [-0.1, -0.05) is 12.1 Å². The second kappa shape index (κ2) is 7.21. The number of β-amino-alcohol motifs (C(OH)–C–C–N with tert-alkyl or cyclic N) is 1. The predicted octanol–water partition coefficient (Wildman–Crippen LogP) is 2.79. The fourth-order valence-corrected chi connectivity index (χ4v) is 3.73. The minimum atomic E-state index is -0.454. The first kappa shape index (κ1) is 17.4. The minimum absolute atomic E-state index is 0.0604. The number of amides is 1. The smallest absolute Gasteiger partial charge is 0.337 e. The first-order chi connectivity index (χ1) is 12.1. The third-order valence-electron chi connectivity index (χ3n) is 4.10. The lowest BCUT2D eigenvalue weighted by molar-refractivity contribution is 0.0600. The lowest BCUT2D eigenvalue weighted by Crippen LogP contribution is -2.22. The lowest BCUT2D eigenvalue weighted by atomic mass is 10.1. The van der Waals surface area contributed by atoms with E-state index in [-0.39, 0.29) is 21.2 Å². The predicted molar refractivity (Wildman–Crippen MR) is 99.4 cm³/mol. The Kier molecular flexibility index (Phi) is 5.02. The van der Waals surface area contributed by atoms with Gasteiger partial charge >= 0.3 is 5.97 Å². The number of carbonyl (C=O) groups is 2. The molecule has 0 fully saturated rings. The van der Waals surface area contributed by atoms with Crippen molar-refractivity contribution >= 4 is 37.7 Å².